The standard InChI is InChI=1S/C17H25NO/c1-4-10-18-16(12-13(2)3)14-9-11-19-17-8-6-5-7-15(14)17/h5-8,14,16,18H,2,4,9-12H2,1,3H3. The molecule has 1 aliphatic heterocycles. The second kappa shape index (κ2) is 6.76. The molecular formula is C17H25NO. The topological polar surface area (TPSA) is 21.3 Å². The molecule has 2 nitrogen and oxygen atoms in total. The molecule has 1 aromatic rings. The average molecular weight is 259 g/mol. The molecule has 2 atom stereocenters. The Kier molecular flexibility index (Phi) is 5.03. The maximum atomic E-state index is 5.76. The van der Waals surface area contributed by atoms with Gasteiger partial charge in [-0.15, -0.1) is 6.58 Å². The minimum atomic E-state index is 0.475. The lowest BCUT2D eigenvalue weighted by Gasteiger charge is -2.33. The second-order valence-corrected chi connectivity index (χ2v) is 5.50. The van der Waals surface area contributed by atoms with Crippen molar-refractivity contribution in [2.45, 2.75) is 45.1 Å². The lowest BCUT2D eigenvalue weighted by Crippen LogP contribution is -2.37. The minimum absolute atomic E-state index is 0.475. The molecule has 0 amide bonds. The number of hydrogen-bond donors (Lipinski definition) is 1. The molecule has 0 aromatic heterocycles. The predicted octanol–water partition coefficient (Wildman–Crippen LogP) is 3.89. The number of nitrogens with one attached hydrogen (secondary N) is 1. The van der Waals surface area contributed by atoms with E-state index in [1.54, 1.807) is 0 Å². The van der Waals surface area contributed by atoms with E-state index in [1.807, 2.05) is 0 Å². The highest BCUT2D eigenvalue weighted by Gasteiger charge is 2.28. The van der Waals surface area contributed by atoms with Crippen molar-refractivity contribution < 1.29 is 4.74 Å². The first kappa shape index (κ1) is 14.1. The summed E-state index contributed by atoms with van der Waals surface area (Å²) < 4.78 is 5.76. The highest BCUT2D eigenvalue weighted by atomic mass is 16.5. The average Bonchev–Trinajstić information content (AvgIpc) is 2.42. The molecule has 2 unspecified atom stereocenters. The van der Waals surface area contributed by atoms with Gasteiger partial charge in [0.15, 0.2) is 0 Å². The summed E-state index contributed by atoms with van der Waals surface area (Å²) in [5.74, 6) is 1.59. The van der Waals surface area contributed by atoms with E-state index in [9.17, 15) is 0 Å². The van der Waals surface area contributed by atoms with Crippen LogP contribution in [0.1, 0.15) is 44.6 Å². The van der Waals surface area contributed by atoms with Crippen molar-refractivity contribution in [3.8, 4) is 5.75 Å². The summed E-state index contributed by atoms with van der Waals surface area (Å²) in [6.07, 6.45) is 3.29. The first-order valence-corrected chi connectivity index (χ1v) is 7.32. The van der Waals surface area contributed by atoms with Gasteiger partial charge < -0.3 is 10.1 Å². The fourth-order valence-corrected chi connectivity index (χ4v) is 2.85. The van der Waals surface area contributed by atoms with Crippen molar-refractivity contribution in [1.82, 2.24) is 5.32 Å². The van der Waals surface area contributed by atoms with Gasteiger partial charge in [-0.2, -0.15) is 0 Å². The van der Waals surface area contributed by atoms with Gasteiger partial charge in [-0.25, -0.2) is 0 Å². The van der Waals surface area contributed by atoms with Gasteiger partial charge in [0.05, 0.1) is 6.61 Å². The van der Waals surface area contributed by atoms with Gasteiger partial charge in [0.1, 0.15) is 5.75 Å². The fourth-order valence-electron chi connectivity index (χ4n) is 2.85. The van der Waals surface area contributed by atoms with Crippen molar-refractivity contribution in [1.29, 1.82) is 0 Å². The van der Waals surface area contributed by atoms with Crippen LogP contribution >= 0.6 is 0 Å². The smallest absolute Gasteiger partial charge is 0.122 e. The number of para-hydroxylation sites is 1. The van der Waals surface area contributed by atoms with Crippen LogP contribution in [0.4, 0.5) is 0 Å². The highest BCUT2D eigenvalue weighted by molar-refractivity contribution is 5.38. The molecule has 1 aromatic carbocycles. The van der Waals surface area contributed by atoms with E-state index in [0.717, 1.165) is 38.2 Å². The van der Waals surface area contributed by atoms with E-state index in [4.69, 9.17) is 4.74 Å². The Labute approximate surface area is 116 Å². The monoisotopic (exact) mass is 259 g/mol. The third-order valence-electron chi connectivity index (χ3n) is 3.72. The summed E-state index contributed by atoms with van der Waals surface area (Å²) in [7, 11) is 0. The molecule has 2 heteroatoms. The quantitative estimate of drug-likeness (QED) is 0.783. The van der Waals surface area contributed by atoms with Crippen LogP contribution in [0.25, 0.3) is 0 Å². The zero-order valence-corrected chi connectivity index (χ0v) is 12.1. The van der Waals surface area contributed by atoms with Crippen LogP contribution < -0.4 is 10.1 Å². The molecule has 0 fully saturated rings. The molecule has 0 aliphatic carbocycles. The van der Waals surface area contributed by atoms with E-state index in [0.29, 0.717) is 12.0 Å². The molecule has 0 saturated carbocycles. The van der Waals surface area contributed by atoms with Crippen LogP contribution in [0.3, 0.4) is 0 Å². The van der Waals surface area contributed by atoms with Crippen LogP contribution in [0.5, 0.6) is 5.75 Å². The molecule has 104 valence electrons. The molecule has 1 aliphatic rings. The number of hydrogen-bond acceptors (Lipinski definition) is 2. The van der Waals surface area contributed by atoms with Gasteiger partial charge in [0.25, 0.3) is 0 Å². The summed E-state index contributed by atoms with van der Waals surface area (Å²) in [5.41, 5.74) is 2.60. The largest absolute Gasteiger partial charge is 0.493 e. The van der Waals surface area contributed by atoms with Crippen molar-refractivity contribution >= 4 is 0 Å². The Morgan fingerprint density at radius 3 is 3.00 bits per heavy atom. The molecule has 1 N–H and O–H groups in total. The van der Waals surface area contributed by atoms with Gasteiger partial charge in [0, 0.05) is 12.0 Å². The number of rotatable bonds is 6. The molecular weight excluding hydrogens is 234 g/mol. The van der Waals surface area contributed by atoms with E-state index < -0.39 is 0 Å². The van der Waals surface area contributed by atoms with Gasteiger partial charge in [-0.1, -0.05) is 30.7 Å². The first-order valence-electron chi connectivity index (χ1n) is 7.32. The van der Waals surface area contributed by atoms with E-state index in [-0.39, 0.29) is 0 Å². The molecule has 0 bridgehead atoms. The Morgan fingerprint density at radius 2 is 2.26 bits per heavy atom. The molecule has 0 saturated heterocycles. The fraction of sp³-hybridized carbons (Fsp3) is 0.529. The Balaban J connectivity index is 2.19. The van der Waals surface area contributed by atoms with Crippen LogP contribution in [0.15, 0.2) is 36.4 Å². The highest BCUT2D eigenvalue weighted by Crippen LogP contribution is 2.36. The summed E-state index contributed by atoms with van der Waals surface area (Å²) >= 11 is 0. The minimum Gasteiger partial charge on any atom is -0.493 e. The lowest BCUT2D eigenvalue weighted by molar-refractivity contribution is 0.244. The maximum Gasteiger partial charge on any atom is 0.122 e. The van der Waals surface area contributed by atoms with Crippen molar-refractivity contribution in [3.05, 3.63) is 42.0 Å². The summed E-state index contributed by atoms with van der Waals surface area (Å²) in [4.78, 5) is 0. The van der Waals surface area contributed by atoms with Crippen LogP contribution in [0.2, 0.25) is 0 Å². The number of benzene rings is 1. The normalized spacial score (nSPS) is 19.4. The third kappa shape index (κ3) is 3.60. The van der Waals surface area contributed by atoms with Gasteiger partial charge in [-0.3, -0.25) is 0 Å². The Hall–Kier alpha value is -1.28. The van der Waals surface area contributed by atoms with Gasteiger partial charge in [-0.05, 0) is 44.4 Å². The third-order valence-corrected chi connectivity index (χ3v) is 3.72. The maximum absolute atomic E-state index is 5.76. The van der Waals surface area contributed by atoms with Crippen molar-refractivity contribution in [2.24, 2.45) is 0 Å². The second-order valence-electron chi connectivity index (χ2n) is 5.50. The molecule has 0 radical (unpaired) electrons. The summed E-state index contributed by atoms with van der Waals surface area (Å²) in [6.45, 7) is 10.3. The van der Waals surface area contributed by atoms with Crippen LogP contribution in [0, 0.1) is 0 Å². The van der Waals surface area contributed by atoms with Gasteiger partial charge >= 0.3 is 0 Å². The SMILES string of the molecule is C=C(C)CC(NCCC)C1CCOc2ccccc21. The Bertz CT molecular complexity index is 427. The zero-order valence-electron chi connectivity index (χ0n) is 12.1. The molecule has 0 spiro atoms. The summed E-state index contributed by atoms with van der Waals surface area (Å²) in [5, 5.41) is 3.69. The molecule has 1 heterocycles. The lowest BCUT2D eigenvalue weighted by atomic mass is 9.84. The zero-order chi connectivity index (χ0) is 13.7. The Morgan fingerprint density at radius 1 is 1.47 bits per heavy atom. The van der Waals surface area contributed by atoms with Crippen LogP contribution in [-0.2, 0) is 0 Å². The van der Waals surface area contributed by atoms with E-state index >= 15 is 0 Å². The predicted molar refractivity (Wildman–Crippen MR) is 80.8 cm³/mol. The first-order chi connectivity index (χ1) is 9.22. The summed E-state index contributed by atoms with van der Waals surface area (Å²) in [6, 6.07) is 8.92. The molecule has 19 heavy (non-hydrogen) atoms. The number of ether oxygens (including phenoxy) is 1. The van der Waals surface area contributed by atoms with Gasteiger partial charge in [0.2, 0.25) is 0 Å². The van der Waals surface area contributed by atoms with Crippen molar-refractivity contribution in [3.63, 3.8) is 0 Å². The van der Waals surface area contributed by atoms with E-state index in [1.165, 1.54) is 11.1 Å². The number of fused-ring (bicyclic) bond motifs is 1. The van der Waals surface area contributed by atoms with Crippen molar-refractivity contribution in [2.75, 3.05) is 13.2 Å². The van der Waals surface area contributed by atoms with E-state index in [2.05, 4.69) is 50.0 Å². The van der Waals surface area contributed by atoms with Crippen LogP contribution in [-0.4, -0.2) is 19.2 Å². The molecule has 2 rings (SSSR count).